The van der Waals surface area contributed by atoms with Crippen molar-refractivity contribution in [3.63, 3.8) is 0 Å². The number of likely N-dealkylation sites (N-methyl/N-ethyl adjacent to an activating group) is 1. The van der Waals surface area contributed by atoms with Crippen molar-refractivity contribution in [2.75, 3.05) is 40.9 Å². The molecule has 0 saturated carbocycles. The number of carbonyl (C=O) groups excluding carboxylic acids is 1. The molecule has 0 aromatic carbocycles. The highest BCUT2D eigenvalue weighted by Crippen LogP contribution is 2.40. The third-order valence-corrected chi connectivity index (χ3v) is 12.9. The van der Waals surface area contributed by atoms with E-state index < -0.39 is 89.9 Å². The molecule has 0 radical (unpaired) electrons. The second kappa shape index (κ2) is 18.3. The fourth-order valence-electron chi connectivity index (χ4n) is 9.65. The Morgan fingerprint density at radius 3 is 2.25 bits per heavy atom. The monoisotopic (exact) mass is 787 g/mol. The van der Waals surface area contributed by atoms with E-state index in [1.807, 2.05) is 46.7 Å². The first-order valence-corrected chi connectivity index (χ1v) is 20.3. The van der Waals surface area contributed by atoms with Crippen LogP contribution in [0.15, 0.2) is 12.2 Å². The van der Waals surface area contributed by atoms with E-state index in [-0.39, 0.29) is 43.6 Å². The van der Waals surface area contributed by atoms with E-state index in [1.165, 1.54) is 7.11 Å². The van der Waals surface area contributed by atoms with Crippen LogP contribution in [-0.2, 0) is 38.0 Å². The summed E-state index contributed by atoms with van der Waals surface area (Å²) in [5.74, 6) is -2.43. The lowest BCUT2D eigenvalue weighted by Gasteiger charge is -2.48. The number of esters is 1. The minimum atomic E-state index is -1.58. The van der Waals surface area contributed by atoms with E-state index in [9.17, 15) is 25.2 Å². The van der Waals surface area contributed by atoms with E-state index in [1.54, 1.807) is 34.6 Å². The zero-order chi connectivity index (χ0) is 41.4. The third-order valence-electron chi connectivity index (χ3n) is 12.9. The van der Waals surface area contributed by atoms with Crippen LogP contribution in [0.1, 0.15) is 94.9 Å². The van der Waals surface area contributed by atoms with Gasteiger partial charge in [0.1, 0.15) is 30.0 Å². The Morgan fingerprint density at radius 2 is 1.65 bits per heavy atom. The molecule has 4 N–H and O–H groups in total. The van der Waals surface area contributed by atoms with Crippen LogP contribution in [0.4, 0.5) is 0 Å². The second-order valence-electron chi connectivity index (χ2n) is 18.2. The molecule has 4 aliphatic rings. The molecule has 4 fully saturated rings. The maximum absolute atomic E-state index is 14.4. The topological polar surface area (TPSA) is 169 Å². The summed E-state index contributed by atoms with van der Waals surface area (Å²) >= 11 is 0. The summed E-state index contributed by atoms with van der Waals surface area (Å²) in [6, 6.07) is -0.567. The standard InChI is InChI=1S/C41H74N2O12/c1-15-30-41(11,48)36-27(7)43(20-23(3)21-50-36)19-22(2)17-39(9,47)35(55-38-32(44)29(42(12)13)16-24(4)51-38)25(5)33(26(6)37(46)53-30)54-31-18-40(10,49-14)34(45)28(8)52-31/h22,24-36,38,44-45,47-48H,3,15-21H2,1-2,4-14H3/t22-,24-,25+,26-,27-,28+,29+,30-,31+,32-,33+,34+,35-,36-,38+,39-,40-,41-/m1/s1. The maximum atomic E-state index is 14.4. The third kappa shape index (κ3) is 10.3. The normalized spacial score (nSPS) is 49.8. The molecule has 0 amide bonds. The number of fused-ring (bicyclic) bond motifs is 2. The van der Waals surface area contributed by atoms with E-state index in [0.29, 0.717) is 25.9 Å². The van der Waals surface area contributed by atoms with Crippen LogP contribution in [0, 0.1) is 17.8 Å². The van der Waals surface area contributed by atoms with Crippen molar-refractivity contribution >= 4 is 5.97 Å². The van der Waals surface area contributed by atoms with Crippen molar-refractivity contribution in [1.82, 2.24) is 9.80 Å². The van der Waals surface area contributed by atoms with Crippen LogP contribution >= 0.6 is 0 Å². The molecular weight excluding hydrogens is 712 g/mol. The SMILES string of the molecule is C=C1CO[C@@H]2[C@@H](C)N(C1)C[C@H](C)C[C@@](C)(O)[C@H](O[C@@H]1O[C@H](C)C[C@H](N(C)C)[C@H]1O)[C@@H](C)[C@H](O[C@H]1C[C@@](C)(OC)[C@@H](O)[C@H](C)O1)[C@@H](C)C(=O)O[C@H](CC)[C@@]2(C)O. The van der Waals surface area contributed by atoms with E-state index in [0.717, 1.165) is 5.57 Å². The van der Waals surface area contributed by atoms with Gasteiger partial charge in [-0.15, -0.1) is 0 Å². The average Bonchev–Trinajstić information content (AvgIpc) is 3.23. The fourth-order valence-corrected chi connectivity index (χ4v) is 9.65. The largest absolute Gasteiger partial charge is 0.459 e. The van der Waals surface area contributed by atoms with Gasteiger partial charge in [0.15, 0.2) is 12.6 Å². The molecular formula is C41H74N2O12. The molecule has 4 rings (SSSR count). The molecule has 4 saturated heterocycles. The first kappa shape index (κ1) is 46.4. The Bertz CT molecular complexity index is 1280. The lowest BCUT2D eigenvalue weighted by Crippen LogP contribution is -2.60. The van der Waals surface area contributed by atoms with Gasteiger partial charge in [-0.1, -0.05) is 27.4 Å². The van der Waals surface area contributed by atoms with Gasteiger partial charge in [0.05, 0.1) is 48.1 Å². The number of hydrogen-bond acceptors (Lipinski definition) is 14. The quantitative estimate of drug-likeness (QED) is 0.220. The molecule has 2 bridgehead atoms. The molecule has 320 valence electrons. The van der Waals surface area contributed by atoms with Gasteiger partial charge in [-0.3, -0.25) is 9.69 Å². The number of rotatable bonds is 7. The molecule has 14 heteroatoms. The lowest BCUT2D eigenvalue weighted by molar-refractivity contribution is -0.318. The van der Waals surface area contributed by atoms with Crippen molar-refractivity contribution in [2.45, 2.75) is 185 Å². The van der Waals surface area contributed by atoms with Gasteiger partial charge in [0.2, 0.25) is 0 Å². The van der Waals surface area contributed by atoms with Crippen LogP contribution in [-0.4, -0.2) is 167 Å². The first-order valence-electron chi connectivity index (χ1n) is 20.3. The molecule has 4 heterocycles. The molecule has 0 aromatic heterocycles. The molecule has 55 heavy (non-hydrogen) atoms. The zero-order valence-corrected chi connectivity index (χ0v) is 35.8. The predicted octanol–water partition coefficient (Wildman–Crippen LogP) is 2.87. The van der Waals surface area contributed by atoms with E-state index in [4.69, 9.17) is 33.2 Å². The Morgan fingerprint density at radius 1 is 1.00 bits per heavy atom. The number of carbonyl (C=O) groups is 1. The molecule has 4 aliphatic heterocycles. The average molecular weight is 787 g/mol. The van der Waals surface area contributed by atoms with Gasteiger partial charge < -0.3 is 58.5 Å². The fraction of sp³-hybridized carbons (Fsp3) is 0.927. The summed E-state index contributed by atoms with van der Waals surface area (Å²) < 4.78 is 44.4. The number of aliphatic hydroxyl groups is 4. The number of aliphatic hydroxyl groups excluding tert-OH is 2. The summed E-state index contributed by atoms with van der Waals surface area (Å²) in [4.78, 5) is 18.6. The second-order valence-corrected chi connectivity index (χ2v) is 18.2. The number of ether oxygens (including phenoxy) is 7. The van der Waals surface area contributed by atoms with Gasteiger partial charge in [0.25, 0.3) is 0 Å². The van der Waals surface area contributed by atoms with E-state index in [2.05, 4.69) is 18.4 Å². The number of hydrogen-bond donors (Lipinski definition) is 4. The van der Waals surface area contributed by atoms with Gasteiger partial charge in [0, 0.05) is 44.6 Å². The molecule has 0 spiro atoms. The van der Waals surface area contributed by atoms with E-state index >= 15 is 0 Å². The summed E-state index contributed by atoms with van der Waals surface area (Å²) in [5, 5.41) is 47.5. The first-order chi connectivity index (χ1) is 25.5. The smallest absolute Gasteiger partial charge is 0.311 e. The van der Waals surface area contributed by atoms with Gasteiger partial charge in [-0.05, 0) is 93.3 Å². The van der Waals surface area contributed by atoms with Crippen molar-refractivity contribution in [2.24, 2.45) is 17.8 Å². The Labute approximate surface area is 329 Å². The van der Waals surface area contributed by atoms with Crippen molar-refractivity contribution < 1.29 is 58.4 Å². The Balaban J connectivity index is 1.84. The van der Waals surface area contributed by atoms with Crippen molar-refractivity contribution in [1.29, 1.82) is 0 Å². The highest BCUT2D eigenvalue weighted by atomic mass is 16.7. The molecule has 14 nitrogen and oxygen atoms in total. The van der Waals surface area contributed by atoms with Gasteiger partial charge in [-0.25, -0.2) is 0 Å². The minimum Gasteiger partial charge on any atom is -0.459 e. The summed E-state index contributed by atoms with van der Waals surface area (Å²) in [6.45, 7) is 23.8. The summed E-state index contributed by atoms with van der Waals surface area (Å²) in [7, 11) is 5.32. The van der Waals surface area contributed by atoms with Gasteiger partial charge in [-0.2, -0.15) is 0 Å². The highest BCUT2D eigenvalue weighted by Gasteiger charge is 2.53. The van der Waals surface area contributed by atoms with Gasteiger partial charge >= 0.3 is 5.97 Å². The maximum Gasteiger partial charge on any atom is 0.311 e. The minimum absolute atomic E-state index is 0.105. The van der Waals surface area contributed by atoms with Crippen LogP contribution in [0.2, 0.25) is 0 Å². The molecule has 0 aromatic rings. The van der Waals surface area contributed by atoms with Crippen LogP contribution in [0.3, 0.4) is 0 Å². The molecule has 19 atom stereocenters. The van der Waals surface area contributed by atoms with Crippen molar-refractivity contribution in [3.05, 3.63) is 12.2 Å². The molecule has 0 aliphatic carbocycles. The number of methoxy groups -OCH3 is 1. The number of nitrogens with zero attached hydrogens (tertiary/aromatic N) is 2. The van der Waals surface area contributed by atoms with Crippen LogP contribution in [0.25, 0.3) is 0 Å². The Kier molecular flexibility index (Phi) is 15.5. The van der Waals surface area contributed by atoms with Crippen molar-refractivity contribution in [3.8, 4) is 0 Å². The van der Waals surface area contributed by atoms with Crippen LogP contribution < -0.4 is 0 Å². The zero-order valence-electron chi connectivity index (χ0n) is 35.8. The molecule has 1 unspecified atom stereocenters. The summed E-state index contributed by atoms with van der Waals surface area (Å²) in [5.41, 5.74) is -3.29. The summed E-state index contributed by atoms with van der Waals surface area (Å²) in [6.07, 6.45) is -7.28. The Hall–Kier alpha value is -1.27. The lowest BCUT2D eigenvalue weighted by atomic mass is 9.77. The van der Waals surface area contributed by atoms with Crippen LogP contribution in [0.5, 0.6) is 0 Å². The number of cyclic esters (lactones) is 1. The highest BCUT2D eigenvalue weighted by molar-refractivity contribution is 5.73. The predicted molar refractivity (Wildman–Crippen MR) is 206 cm³/mol.